The van der Waals surface area contributed by atoms with E-state index in [1.54, 1.807) is 13.8 Å². The second kappa shape index (κ2) is 8.06. The minimum Gasteiger partial charge on any atom is -0.481 e. The largest absolute Gasteiger partial charge is 0.481 e. The van der Waals surface area contributed by atoms with Crippen LogP contribution >= 0.6 is 0 Å². The summed E-state index contributed by atoms with van der Waals surface area (Å²) in [6.07, 6.45) is -3.63. The second-order valence-corrected chi connectivity index (χ2v) is 9.60. The lowest BCUT2D eigenvalue weighted by molar-refractivity contribution is -0.169. The van der Waals surface area contributed by atoms with Gasteiger partial charge in [0.05, 0.1) is 45.9 Å². The molecular weight excluding hydrogens is 455 g/mol. The summed E-state index contributed by atoms with van der Waals surface area (Å²) >= 11 is 0. The number of carboxylic acids is 1. The number of alkyl halides is 3. The van der Waals surface area contributed by atoms with Crippen molar-refractivity contribution in [3.8, 4) is 6.07 Å². The zero-order valence-electron chi connectivity index (χ0n) is 18.7. The minimum atomic E-state index is -4.82. The van der Waals surface area contributed by atoms with Crippen LogP contribution in [0.15, 0.2) is 18.2 Å². The van der Waals surface area contributed by atoms with Crippen LogP contribution in [0.5, 0.6) is 0 Å². The van der Waals surface area contributed by atoms with Gasteiger partial charge < -0.3 is 9.84 Å². The van der Waals surface area contributed by atoms with E-state index in [1.807, 2.05) is 0 Å². The Kier molecular flexibility index (Phi) is 5.73. The molecule has 34 heavy (non-hydrogen) atoms. The molecular formula is C23H24F3N3O5. The molecule has 2 amide bonds. The number of halogens is 3. The lowest BCUT2D eigenvalue weighted by Crippen LogP contribution is -2.58. The number of aliphatic carboxylic acids is 1. The van der Waals surface area contributed by atoms with Crippen molar-refractivity contribution in [3.05, 3.63) is 29.3 Å². The van der Waals surface area contributed by atoms with E-state index in [-0.39, 0.29) is 12.1 Å². The van der Waals surface area contributed by atoms with Gasteiger partial charge in [-0.15, -0.1) is 0 Å². The van der Waals surface area contributed by atoms with Crippen LogP contribution in [0.25, 0.3) is 0 Å². The number of carbonyl (C=O) groups is 3. The smallest absolute Gasteiger partial charge is 0.417 e. The maximum absolute atomic E-state index is 13.5. The summed E-state index contributed by atoms with van der Waals surface area (Å²) in [5.41, 5.74) is -4.05. The molecule has 0 aliphatic carbocycles. The molecule has 11 heteroatoms. The van der Waals surface area contributed by atoms with E-state index in [4.69, 9.17) is 15.1 Å². The van der Waals surface area contributed by atoms with Gasteiger partial charge in [0.2, 0.25) is 11.8 Å². The van der Waals surface area contributed by atoms with Crippen molar-refractivity contribution in [1.29, 1.82) is 5.26 Å². The number of morpholine rings is 1. The summed E-state index contributed by atoms with van der Waals surface area (Å²) in [5.74, 6) is -3.83. The van der Waals surface area contributed by atoms with Gasteiger partial charge in [-0.05, 0) is 51.4 Å². The van der Waals surface area contributed by atoms with Gasteiger partial charge in [0.1, 0.15) is 0 Å². The Morgan fingerprint density at radius 3 is 2.26 bits per heavy atom. The third-order valence-electron chi connectivity index (χ3n) is 6.97. The molecule has 0 saturated carbocycles. The first kappa shape index (κ1) is 24.2. The van der Waals surface area contributed by atoms with E-state index in [9.17, 15) is 27.6 Å². The van der Waals surface area contributed by atoms with Crippen molar-refractivity contribution in [3.63, 3.8) is 0 Å². The number of anilines is 1. The highest BCUT2D eigenvalue weighted by molar-refractivity contribution is 6.23. The van der Waals surface area contributed by atoms with Crippen LogP contribution in [0.4, 0.5) is 18.9 Å². The third-order valence-corrected chi connectivity index (χ3v) is 6.97. The average molecular weight is 479 g/mol. The van der Waals surface area contributed by atoms with Gasteiger partial charge in [-0.25, -0.2) is 4.90 Å². The van der Waals surface area contributed by atoms with E-state index in [2.05, 4.69) is 4.90 Å². The molecule has 3 heterocycles. The van der Waals surface area contributed by atoms with Gasteiger partial charge in [0.15, 0.2) is 0 Å². The molecule has 3 fully saturated rings. The molecule has 1 aromatic rings. The Bertz CT molecular complexity index is 1060. The molecule has 0 aromatic heterocycles. The highest BCUT2D eigenvalue weighted by Gasteiger charge is 2.71. The Morgan fingerprint density at radius 2 is 1.76 bits per heavy atom. The predicted octanol–water partition coefficient (Wildman–Crippen LogP) is 2.80. The summed E-state index contributed by atoms with van der Waals surface area (Å²) in [6, 6.07) is 4.31. The van der Waals surface area contributed by atoms with Crippen LogP contribution in [0.1, 0.15) is 44.2 Å². The fourth-order valence-electron chi connectivity index (χ4n) is 5.79. The Morgan fingerprint density at radius 1 is 1.18 bits per heavy atom. The van der Waals surface area contributed by atoms with E-state index in [0.717, 1.165) is 11.0 Å². The van der Waals surface area contributed by atoms with Gasteiger partial charge in [0, 0.05) is 19.5 Å². The first-order valence-electron chi connectivity index (χ1n) is 10.9. The van der Waals surface area contributed by atoms with Gasteiger partial charge >= 0.3 is 12.1 Å². The van der Waals surface area contributed by atoms with Gasteiger partial charge in [-0.1, -0.05) is 0 Å². The van der Waals surface area contributed by atoms with Crippen molar-refractivity contribution in [2.45, 2.75) is 50.5 Å². The lowest BCUT2D eigenvalue weighted by atomic mass is 9.79. The zero-order chi connectivity index (χ0) is 25.1. The molecule has 3 aliphatic rings. The monoisotopic (exact) mass is 479 g/mol. The number of carbonyl (C=O) groups excluding carboxylic acids is 2. The number of hydrogen-bond acceptors (Lipinski definition) is 6. The summed E-state index contributed by atoms with van der Waals surface area (Å²) in [5, 5.41) is 17.8. The number of likely N-dealkylation sites (tertiary alicyclic amines) is 1. The highest BCUT2D eigenvalue weighted by Crippen LogP contribution is 2.55. The number of nitriles is 1. The van der Waals surface area contributed by atoms with Crippen molar-refractivity contribution in [2.24, 2.45) is 11.8 Å². The molecule has 3 saturated heterocycles. The number of hydrogen-bond donors (Lipinski definition) is 1. The number of carboxylic acid groups (broad SMARTS) is 1. The molecule has 3 aliphatic heterocycles. The fourth-order valence-corrected chi connectivity index (χ4v) is 5.79. The quantitative estimate of drug-likeness (QED) is 0.493. The van der Waals surface area contributed by atoms with Crippen molar-refractivity contribution >= 4 is 23.5 Å². The lowest BCUT2D eigenvalue weighted by Gasteiger charge is -2.45. The van der Waals surface area contributed by atoms with Crippen molar-refractivity contribution < 1.29 is 37.4 Å². The molecule has 182 valence electrons. The van der Waals surface area contributed by atoms with Crippen LogP contribution in [0, 0.1) is 23.2 Å². The van der Waals surface area contributed by atoms with Crippen molar-refractivity contribution in [2.75, 3.05) is 24.5 Å². The predicted molar refractivity (Wildman–Crippen MR) is 111 cm³/mol. The number of ether oxygens (including phenoxy) is 1. The number of benzene rings is 1. The summed E-state index contributed by atoms with van der Waals surface area (Å²) in [6.45, 7) is 4.72. The van der Waals surface area contributed by atoms with Gasteiger partial charge in [0.25, 0.3) is 0 Å². The SMILES string of the molecule is C[C@]12CN(CCCCC(=O)O)C[C@](C)(O1)C1C(=O)N(c3ccc(C#N)c(C(F)(F)F)c3)C(=O)C12. The van der Waals surface area contributed by atoms with Gasteiger partial charge in [-0.3, -0.25) is 19.3 Å². The van der Waals surface area contributed by atoms with Crippen LogP contribution < -0.4 is 4.90 Å². The van der Waals surface area contributed by atoms with Crippen LogP contribution in [-0.4, -0.2) is 58.6 Å². The fraction of sp³-hybridized carbons (Fsp3) is 0.565. The first-order chi connectivity index (χ1) is 15.8. The highest BCUT2D eigenvalue weighted by atomic mass is 19.4. The summed E-state index contributed by atoms with van der Waals surface area (Å²) < 4.78 is 46.6. The number of rotatable bonds is 6. The Labute approximate surface area is 193 Å². The van der Waals surface area contributed by atoms with E-state index in [0.29, 0.717) is 38.5 Å². The van der Waals surface area contributed by atoms with E-state index >= 15 is 0 Å². The normalized spacial score (nSPS) is 31.0. The number of nitrogens with zero attached hydrogens (tertiary/aromatic N) is 3. The average Bonchev–Trinajstić information content (AvgIpc) is 3.10. The van der Waals surface area contributed by atoms with Crippen LogP contribution in [-0.2, 0) is 25.3 Å². The van der Waals surface area contributed by atoms with E-state index in [1.165, 1.54) is 12.1 Å². The maximum Gasteiger partial charge on any atom is 0.417 e. The maximum atomic E-state index is 13.5. The zero-order valence-corrected chi connectivity index (χ0v) is 18.7. The molecule has 1 N–H and O–H groups in total. The van der Waals surface area contributed by atoms with Crippen molar-refractivity contribution in [1.82, 2.24) is 4.90 Å². The molecule has 8 nitrogen and oxygen atoms in total. The summed E-state index contributed by atoms with van der Waals surface area (Å²) in [7, 11) is 0. The molecule has 4 rings (SSSR count). The number of unbranched alkanes of at least 4 members (excludes halogenated alkanes) is 1. The van der Waals surface area contributed by atoms with Gasteiger partial charge in [-0.2, -0.15) is 18.4 Å². The van der Waals surface area contributed by atoms with Crippen LogP contribution in [0.3, 0.4) is 0 Å². The van der Waals surface area contributed by atoms with E-state index < -0.39 is 58.1 Å². The number of amides is 2. The standard InChI is InChI=1S/C23H24F3N3O5/c1-21-11-28(8-4-3-5-16(30)31)12-22(2,34-21)18-17(21)19(32)29(20(18)33)14-7-6-13(10-27)15(9-14)23(24,25)26/h6-7,9,17-18H,3-5,8,11-12H2,1-2H3,(H,30,31)/t17?,18?,21-,22+. The Hall–Kier alpha value is -2.97. The molecule has 2 bridgehead atoms. The molecule has 0 radical (unpaired) electrons. The molecule has 0 spiro atoms. The molecule has 1 aromatic carbocycles. The molecule has 2 unspecified atom stereocenters. The topological polar surface area (TPSA) is 111 Å². The number of fused-ring (bicyclic) bond motifs is 5. The Balaban J connectivity index is 1.61. The number of imide groups is 1. The third kappa shape index (κ3) is 3.84. The van der Waals surface area contributed by atoms with Crippen LogP contribution in [0.2, 0.25) is 0 Å². The minimum absolute atomic E-state index is 0.0561. The molecule has 4 atom stereocenters. The summed E-state index contributed by atoms with van der Waals surface area (Å²) in [4.78, 5) is 40.5. The first-order valence-corrected chi connectivity index (χ1v) is 10.9. The second-order valence-electron chi connectivity index (χ2n) is 9.60.